The van der Waals surface area contributed by atoms with Crippen molar-refractivity contribution in [3.8, 4) is 0 Å². The van der Waals surface area contributed by atoms with Crippen LogP contribution in [0.25, 0.3) is 0 Å². The summed E-state index contributed by atoms with van der Waals surface area (Å²) in [5.41, 5.74) is -4.88. The molecule has 0 fully saturated rings. The molecule has 0 saturated heterocycles. The third-order valence-electron chi connectivity index (χ3n) is 0. The normalized spacial score (nSPS) is 23.0. The average Bonchev–Trinajstić information content (AvgIpc) is 0.592. The predicted octanol–water partition coefficient (Wildman–Crippen LogP) is 3.44. The van der Waals surface area contributed by atoms with Crippen LogP contribution in [0, 0.1) is 0 Å². The summed E-state index contributed by atoms with van der Waals surface area (Å²) in [5.74, 6) is 0. The van der Waals surface area contributed by atoms with Gasteiger partial charge in [0, 0.05) is 0 Å². The minimum atomic E-state index is -4.88. The van der Waals surface area contributed by atoms with Crippen LogP contribution in [0.3, 0.4) is 0 Å². The van der Waals surface area contributed by atoms with Gasteiger partial charge in [-0.15, -0.1) is 0 Å². The molecular weight excluding hydrogens is 539 g/mol. The third-order valence-corrected chi connectivity index (χ3v) is 0. The molecule has 0 aliphatic carbocycles. The Balaban J connectivity index is 4.43. The van der Waals surface area contributed by atoms with E-state index in [2.05, 4.69) is 0 Å². The second-order valence-electron chi connectivity index (χ2n) is 1.02. The molecule has 0 unspecified atom stereocenters. The van der Waals surface area contributed by atoms with Crippen LogP contribution in [0.15, 0.2) is 0 Å². The maximum atomic E-state index is 5.36. The Labute approximate surface area is 67.9 Å². The van der Waals surface area contributed by atoms with Crippen LogP contribution in [-0.2, 0) is 23.3 Å². The molecule has 7 heteroatoms. The third kappa shape index (κ3) is 49.9. The predicted molar refractivity (Wildman–Crippen MR) is 29.3 cm³/mol. The van der Waals surface area contributed by atoms with Crippen LogP contribution in [0.1, 0.15) is 0 Å². The zero-order chi connectivity index (χ0) is 6.41. The van der Waals surface area contributed by atoms with Crippen LogP contribution in [0.4, 0.5) is 0 Å². The van der Waals surface area contributed by atoms with Gasteiger partial charge in [-0.3, -0.25) is 0 Å². The van der Waals surface area contributed by atoms with Gasteiger partial charge < -0.3 is 0 Å². The van der Waals surface area contributed by atoms with Crippen molar-refractivity contribution in [2.24, 2.45) is 0 Å². The molecule has 0 atom stereocenters. The minimum absolute atomic E-state index is 0.460. The topological polar surface area (TPSA) is 0 Å². The van der Waals surface area contributed by atoms with Crippen molar-refractivity contribution >= 4 is 45.9 Å². The van der Waals surface area contributed by atoms with Crippen LogP contribution in [0.5, 0.6) is 0 Å². The standard InChI is InChI=1S/5ClH.2Ta/h5*1H;;/q;;;;;;+5/p-5. The molecule has 0 N–H and O–H groups in total. The molecule has 0 aliphatic heterocycles. The molecule has 0 heterocycles. The summed E-state index contributed by atoms with van der Waals surface area (Å²) in [6, 6.07) is 0. The van der Waals surface area contributed by atoms with Crippen molar-refractivity contribution in [1.82, 2.24) is 0 Å². The summed E-state index contributed by atoms with van der Waals surface area (Å²) in [6.45, 7) is 0. The molecule has 0 nitrogen and oxygen atoms in total. The number of hydrogen-bond acceptors (Lipinski definition) is 0. The molecule has 0 amide bonds. The summed E-state index contributed by atoms with van der Waals surface area (Å²) < 4.78 is 0. The van der Waals surface area contributed by atoms with Gasteiger partial charge in [0.1, 0.15) is 0 Å². The Bertz CT molecular complexity index is 64.6. The Kier molecular flexibility index (Phi) is 2.48. The van der Waals surface area contributed by atoms with Gasteiger partial charge in [0.15, 0.2) is 0 Å². The monoisotopic (exact) mass is 537 g/mol. The molecule has 45 valence electrons. The van der Waals surface area contributed by atoms with Crippen molar-refractivity contribution in [1.29, 1.82) is 0 Å². The van der Waals surface area contributed by atoms with E-state index in [-0.39, 0.29) is 0 Å². The van der Waals surface area contributed by atoms with Gasteiger partial charge in [0.2, 0.25) is 0 Å². The van der Waals surface area contributed by atoms with Crippen LogP contribution in [-0.4, -0.2) is 0 Å². The first-order chi connectivity index (χ1) is 2.45. The first-order valence-electron chi connectivity index (χ1n) is 1.05. The van der Waals surface area contributed by atoms with E-state index in [4.69, 9.17) is 45.9 Å². The van der Waals surface area contributed by atoms with E-state index >= 15 is 0 Å². The van der Waals surface area contributed by atoms with Gasteiger partial charge in [-0.2, -0.15) is 0 Å². The Morgan fingerprint density at radius 2 is 0.857 bits per heavy atom. The number of hydrogen-bond donors (Lipinski definition) is 0. The molecule has 0 aromatic carbocycles. The van der Waals surface area contributed by atoms with Gasteiger partial charge >= 0.3 is 69.3 Å². The van der Waals surface area contributed by atoms with Crippen molar-refractivity contribution in [3.05, 3.63) is 0 Å². The first-order valence-corrected chi connectivity index (χ1v) is 34.2. The zero-order valence-electron chi connectivity index (χ0n) is 2.78. The molecule has 0 aromatic heterocycles. The van der Waals surface area contributed by atoms with Crippen LogP contribution < -0.4 is 0 Å². The molecule has 0 bridgehead atoms. The van der Waals surface area contributed by atoms with Crippen molar-refractivity contribution in [2.75, 3.05) is 0 Å². The van der Waals surface area contributed by atoms with Crippen molar-refractivity contribution < 1.29 is 23.3 Å². The fourth-order valence-corrected chi connectivity index (χ4v) is 0. The van der Waals surface area contributed by atoms with Crippen molar-refractivity contribution in [2.45, 2.75) is 0 Å². The first kappa shape index (κ1) is 9.93. The summed E-state index contributed by atoms with van der Waals surface area (Å²) in [6.07, 6.45) is 0. The van der Waals surface area contributed by atoms with E-state index in [9.17, 15) is 0 Å². The molecular formula is Cl5Ta2. The summed E-state index contributed by atoms with van der Waals surface area (Å²) in [4.78, 5) is 0. The quantitative estimate of drug-likeness (QED) is 0.443. The number of rotatable bonds is 0. The molecule has 7 heavy (non-hydrogen) atoms. The second kappa shape index (κ2) is 1.75. The fourth-order valence-electron chi connectivity index (χ4n) is 0. The molecule has 0 aromatic rings. The Morgan fingerprint density at radius 3 is 0.857 bits per heavy atom. The average molecular weight is 539 g/mol. The summed E-state index contributed by atoms with van der Waals surface area (Å²) in [7, 11) is 26.8. The van der Waals surface area contributed by atoms with Gasteiger partial charge in [-0.25, -0.2) is 0 Å². The van der Waals surface area contributed by atoms with E-state index in [1.165, 1.54) is 0 Å². The summed E-state index contributed by atoms with van der Waals surface area (Å²) in [5, 5.41) is 0. The molecule has 0 saturated carbocycles. The fraction of sp³-hybridized carbons (Fsp3) is 0. The van der Waals surface area contributed by atoms with E-state index in [1.807, 2.05) is 0 Å². The maximum absolute atomic E-state index is 5.36. The van der Waals surface area contributed by atoms with Crippen molar-refractivity contribution in [3.63, 3.8) is 0 Å². The van der Waals surface area contributed by atoms with Gasteiger partial charge in [0.05, 0.1) is 0 Å². The molecule has 0 spiro atoms. The molecule has 0 radical (unpaired) electrons. The van der Waals surface area contributed by atoms with E-state index in [0.29, 0.717) is 17.6 Å². The van der Waals surface area contributed by atoms with Crippen LogP contribution >= 0.6 is 45.9 Å². The molecule has 0 aliphatic rings. The van der Waals surface area contributed by atoms with Gasteiger partial charge in [-0.1, -0.05) is 0 Å². The van der Waals surface area contributed by atoms with E-state index < -0.39 is 5.67 Å². The second-order valence-corrected chi connectivity index (χ2v) is 123. The van der Waals surface area contributed by atoms with Gasteiger partial charge in [0.25, 0.3) is 0 Å². The van der Waals surface area contributed by atoms with E-state index in [0.717, 1.165) is 0 Å². The zero-order valence-corrected chi connectivity index (χ0v) is 13.0. The van der Waals surface area contributed by atoms with E-state index in [1.54, 1.807) is 0 Å². The summed E-state index contributed by atoms with van der Waals surface area (Å²) >= 11 is 0.460. The van der Waals surface area contributed by atoms with Crippen LogP contribution in [0.2, 0.25) is 0 Å². The van der Waals surface area contributed by atoms with Gasteiger partial charge in [-0.05, 0) is 0 Å². The SMILES string of the molecule is [Cl][Ta]([Cl])([Cl])([Cl])([Cl])[Ta]. The Hall–Kier alpha value is 2.93. The number of halogens is 5. The molecule has 0 rings (SSSR count). The Morgan fingerprint density at radius 1 is 0.857 bits per heavy atom.